The van der Waals surface area contributed by atoms with Gasteiger partial charge >= 0.3 is 5.97 Å². The first-order chi connectivity index (χ1) is 10.5. The van der Waals surface area contributed by atoms with Crippen molar-refractivity contribution in [3.63, 3.8) is 0 Å². The van der Waals surface area contributed by atoms with E-state index in [1.165, 1.54) is 14.2 Å². The SMILES string of the molecule is COc1ccc(-c2nnc(SCC(=O)O)[nH]c2=O)cc1OC. The molecule has 0 aliphatic heterocycles. The Morgan fingerprint density at radius 1 is 1.27 bits per heavy atom. The first-order valence-electron chi connectivity index (χ1n) is 6.09. The number of methoxy groups -OCH3 is 2. The Morgan fingerprint density at radius 2 is 2.00 bits per heavy atom. The second-order valence-electron chi connectivity index (χ2n) is 4.06. The van der Waals surface area contributed by atoms with Gasteiger partial charge in [0.25, 0.3) is 5.56 Å². The molecule has 2 rings (SSSR count). The van der Waals surface area contributed by atoms with Gasteiger partial charge in [0.05, 0.1) is 20.0 Å². The average molecular weight is 323 g/mol. The van der Waals surface area contributed by atoms with Crippen LogP contribution in [0.4, 0.5) is 0 Å². The van der Waals surface area contributed by atoms with E-state index >= 15 is 0 Å². The van der Waals surface area contributed by atoms with E-state index in [0.29, 0.717) is 17.1 Å². The van der Waals surface area contributed by atoms with E-state index in [2.05, 4.69) is 15.2 Å². The summed E-state index contributed by atoms with van der Waals surface area (Å²) in [6.45, 7) is 0. The number of H-pyrrole nitrogens is 1. The predicted molar refractivity (Wildman–Crippen MR) is 79.6 cm³/mol. The Kier molecular flexibility index (Phi) is 4.99. The van der Waals surface area contributed by atoms with E-state index in [4.69, 9.17) is 14.6 Å². The van der Waals surface area contributed by atoms with Crippen molar-refractivity contribution in [1.29, 1.82) is 0 Å². The molecule has 0 unspecified atom stereocenters. The molecule has 116 valence electrons. The van der Waals surface area contributed by atoms with Gasteiger partial charge in [-0.1, -0.05) is 11.8 Å². The maximum absolute atomic E-state index is 12.0. The van der Waals surface area contributed by atoms with Crippen LogP contribution in [0, 0.1) is 0 Å². The molecule has 0 aliphatic carbocycles. The minimum absolute atomic E-state index is 0.112. The Bertz CT molecular complexity index is 747. The summed E-state index contributed by atoms with van der Waals surface area (Å²) in [7, 11) is 3.00. The van der Waals surface area contributed by atoms with Crippen LogP contribution in [0.15, 0.2) is 28.2 Å². The van der Waals surface area contributed by atoms with Crippen molar-refractivity contribution in [2.24, 2.45) is 0 Å². The number of carbonyl (C=O) groups is 1. The zero-order valence-electron chi connectivity index (χ0n) is 11.8. The summed E-state index contributed by atoms with van der Waals surface area (Å²) in [4.78, 5) is 25.0. The summed E-state index contributed by atoms with van der Waals surface area (Å²) in [5.41, 5.74) is 0.164. The Balaban J connectivity index is 2.33. The van der Waals surface area contributed by atoms with Crippen molar-refractivity contribution in [3.05, 3.63) is 28.6 Å². The van der Waals surface area contributed by atoms with Crippen LogP contribution in [0.5, 0.6) is 11.5 Å². The van der Waals surface area contributed by atoms with Crippen molar-refractivity contribution in [2.75, 3.05) is 20.0 Å². The van der Waals surface area contributed by atoms with Gasteiger partial charge in [-0.2, -0.15) is 0 Å². The largest absolute Gasteiger partial charge is 0.493 e. The average Bonchev–Trinajstić information content (AvgIpc) is 2.52. The van der Waals surface area contributed by atoms with Gasteiger partial charge in [0.15, 0.2) is 22.3 Å². The third-order valence-corrected chi connectivity index (χ3v) is 3.51. The standard InChI is InChI=1S/C13H13N3O5S/c1-20-8-4-3-7(5-9(8)21-2)11-12(19)14-13(16-15-11)22-6-10(17)18/h3-5H,6H2,1-2H3,(H,17,18)(H,14,16,19). The smallest absolute Gasteiger partial charge is 0.313 e. The Morgan fingerprint density at radius 3 is 2.59 bits per heavy atom. The van der Waals surface area contributed by atoms with Crippen molar-refractivity contribution >= 4 is 17.7 Å². The number of aromatic amines is 1. The number of carboxylic acid groups (broad SMARTS) is 1. The lowest BCUT2D eigenvalue weighted by atomic mass is 10.1. The molecule has 1 heterocycles. The fourth-order valence-electron chi connectivity index (χ4n) is 1.69. The quantitative estimate of drug-likeness (QED) is 0.757. The molecule has 8 nitrogen and oxygen atoms in total. The van der Waals surface area contributed by atoms with Crippen molar-refractivity contribution in [2.45, 2.75) is 5.16 Å². The molecule has 0 amide bonds. The highest BCUT2D eigenvalue weighted by Crippen LogP contribution is 2.30. The third kappa shape index (κ3) is 3.55. The topological polar surface area (TPSA) is 114 Å². The molecule has 1 aromatic heterocycles. The van der Waals surface area contributed by atoms with Gasteiger partial charge in [0.2, 0.25) is 0 Å². The third-order valence-electron chi connectivity index (χ3n) is 2.67. The number of rotatable bonds is 6. The van der Waals surface area contributed by atoms with Gasteiger partial charge in [-0.3, -0.25) is 14.6 Å². The molecule has 0 bridgehead atoms. The number of ether oxygens (including phenoxy) is 2. The van der Waals surface area contributed by atoms with Crippen LogP contribution in [-0.4, -0.2) is 46.2 Å². The lowest BCUT2D eigenvalue weighted by molar-refractivity contribution is -0.133. The normalized spacial score (nSPS) is 10.3. The highest BCUT2D eigenvalue weighted by Gasteiger charge is 2.12. The van der Waals surface area contributed by atoms with Crippen LogP contribution in [0.1, 0.15) is 0 Å². The number of aliphatic carboxylic acids is 1. The van der Waals surface area contributed by atoms with E-state index in [0.717, 1.165) is 11.8 Å². The molecule has 1 aromatic carbocycles. The van der Waals surface area contributed by atoms with Gasteiger partial charge in [-0.15, -0.1) is 10.2 Å². The molecule has 2 aromatic rings. The second kappa shape index (κ2) is 6.94. The molecule has 0 fully saturated rings. The zero-order valence-corrected chi connectivity index (χ0v) is 12.6. The molecule has 22 heavy (non-hydrogen) atoms. The van der Waals surface area contributed by atoms with E-state index in [-0.39, 0.29) is 16.6 Å². The minimum atomic E-state index is -1.00. The molecule has 9 heteroatoms. The first kappa shape index (κ1) is 15.8. The molecular formula is C13H13N3O5S. The highest BCUT2D eigenvalue weighted by molar-refractivity contribution is 7.99. The molecule has 0 atom stereocenters. The van der Waals surface area contributed by atoms with E-state index in [9.17, 15) is 9.59 Å². The summed E-state index contributed by atoms with van der Waals surface area (Å²) in [5, 5.41) is 16.4. The van der Waals surface area contributed by atoms with Crippen LogP contribution in [-0.2, 0) is 4.79 Å². The fourth-order valence-corrected chi connectivity index (χ4v) is 2.21. The molecule has 0 aliphatic rings. The lowest BCUT2D eigenvalue weighted by Gasteiger charge is -2.08. The number of benzene rings is 1. The monoisotopic (exact) mass is 323 g/mol. The van der Waals surface area contributed by atoms with E-state index < -0.39 is 11.5 Å². The number of nitrogens with one attached hydrogen (secondary N) is 1. The van der Waals surface area contributed by atoms with Gasteiger partial charge in [0.1, 0.15) is 0 Å². The minimum Gasteiger partial charge on any atom is -0.493 e. The van der Waals surface area contributed by atoms with E-state index in [1.54, 1.807) is 18.2 Å². The van der Waals surface area contributed by atoms with Crippen LogP contribution in [0.25, 0.3) is 11.3 Å². The molecular weight excluding hydrogens is 310 g/mol. The highest BCUT2D eigenvalue weighted by atomic mass is 32.2. The molecule has 0 radical (unpaired) electrons. The number of nitrogens with zero attached hydrogens (tertiary/aromatic N) is 2. The number of thioether (sulfide) groups is 1. The van der Waals surface area contributed by atoms with Crippen molar-refractivity contribution in [1.82, 2.24) is 15.2 Å². The summed E-state index contributed by atoms with van der Waals surface area (Å²) in [6, 6.07) is 4.93. The maximum atomic E-state index is 12.0. The van der Waals surface area contributed by atoms with Crippen molar-refractivity contribution in [3.8, 4) is 22.8 Å². The zero-order chi connectivity index (χ0) is 16.1. The summed E-state index contributed by atoms with van der Waals surface area (Å²) < 4.78 is 10.3. The van der Waals surface area contributed by atoms with Crippen LogP contribution >= 0.6 is 11.8 Å². The van der Waals surface area contributed by atoms with Gasteiger partial charge < -0.3 is 14.6 Å². The Labute approximate surface area is 129 Å². The Hall–Kier alpha value is -2.55. The van der Waals surface area contributed by atoms with Gasteiger partial charge in [-0.25, -0.2) is 0 Å². The maximum Gasteiger partial charge on any atom is 0.313 e. The summed E-state index contributed by atoms with van der Waals surface area (Å²) in [5.74, 6) is -0.216. The summed E-state index contributed by atoms with van der Waals surface area (Å²) in [6.07, 6.45) is 0. The number of hydrogen-bond acceptors (Lipinski definition) is 7. The first-order valence-corrected chi connectivity index (χ1v) is 7.07. The van der Waals surface area contributed by atoms with Crippen LogP contribution < -0.4 is 15.0 Å². The molecule has 0 spiro atoms. The number of aromatic nitrogens is 3. The number of carboxylic acids is 1. The van der Waals surface area contributed by atoms with Crippen LogP contribution in [0.2, 0.25) is 0 Å². The van der Waals surface area contributed by atoms with E-state index in [1.807, 2.05) is 0 Å². The lowest BCUT2D eigenvalue weighted by Crippen LogP contribution is -2.14. The van der Waals surface area contributed by atoms with Crippen LogP contribution in [0.3, 0.4) is 0 Å². The number of hydrogen-bond donors (Lipinski definition) is 2. The molecule has 2 N–H and O–H groups in total. The fraction of sp³-hybridized carbons (Fsp3) is 0.231. The van der Waals surface area contributed by atoms with Gasteiger partial charge in [-0.05, 0) is 18.2 Å². The van der Waals surface area contributed by atoms with Crippen molar-refractivity contribution < 1.29 is 19.4 Å². The van der Waals surface area contributed by atoms with Gasteiger partial charge in [0, 0.05) is 5.56 Å². The second-order valence-corrected chi connectivity index (χ2v) is 5.02. The summed E-state index contributed by atoms with van der Waals surface area (Å²) >= 11 is 0.887. The predicted octanol–water partition coefficient (Wildman–Crippen LogP) is 1.03. The molecule has 0 saturated heterocycles. The molecule has 0 saturated carbocycles.